The summed E-state index contributed by atoms with van der Waals surface area (Å²) in [4.78, 5) is 55.7. The van der Waals surface area contributed by atoms with Crippen LogP contribution in [0.4, 0.5) is 18.9 Å². The summed E-state index contributed by atoms with van der Waals surface area (Å²) in [7, 11) is 0. The van der Waals surface area contributed by atoms with Gasteiger partial charge < -0.3 is 24.6 Å². The molecule has 1 spiro atoms. The fourth-order valence-electron chi connectivity index (χ4n) is 7.23. The van der Waals surface area contributed by atoms with Gasteiger partial charge in [0.1, 0.15) is 12.9 Å². The number of aryl methyl sites for hydroxylation is 1. The largest absolute Gasteiger partial charge is 0.504 e. The number of fused-ring (bicyclic) bond motifs is 3. The number of nitrogens with zero attached hydrogens (tertiary/aromatic N) is 7. The van der Waals surface area contributed by atoms with Crippen LogP contribution < -0.4 is 10.9 Å². The molecule has 51 heavy (non-hydrogen) atoms. The van der Waals surface area contributed by atoms with Gasteiger partial charge in [0.25, 0.3) is 11.5 Å². The van der Waals surface area contributed by atoms with Gasteiger partial charge in [0.2, 0.25) is 11.7 Å². The van der Waals surface area contributed by atoms with Crippen molar-refractivity contribution >= 4 is 52.1 Å². The number of benzene rings is 1. The van der Waals surface area contributed by atoms with E-state index in [2.05, 4.69) is 20.4 Å². The fraction of sp³-hybridized carbons (Fsp3) is 0.424. The monoisotopic (exact) mass is 746 g/mol. The Morgan fingerprint density at radius 2 is 1.82 bits per heavy atom. The zero-order valence-corrected chi connectivity index (χ0v) is 28.7. The zero-order chi connectivity index (χ0) is 36.2. The smallest absolute Gasteiger partial charge is 0.416 e. The van der Waals surface area contributed by atoms with Crippen molar-refractivity contribution in [3.05, 3.63) is 79.0 Å². The van der Waals surface area contributed by atoms with E-state index in [0.29, 0.717) is 81.0 Å². The first-order chi connectivity index (χ1) is 24.3. The van der Waals surface area contributed by atoms with Crippen molar-refractivity contribution in [2.75, 3.05) is 31.6 Å². The van der Waals surface area contributed by atoms with Gasteiger partial charge in [-0.15, -0.1) is 5.10 Å². The minimum atomic E-state index is -4.70. The lowest BCUT2D eigenvalue weighted by Crippen LogP contribution is -2.50. The first-order valence-electron chi connectivity index (χ1n) is 16.2. The molecule has 3 aliphatic rings. The molecule has 1 saturated heterocycles. The highest BCUT2D eigenvalue weighted by atomic mass is 35.5. The van der Waals surface area contributed by atoms with E-state index < -0.39 is 39.0 Å². The number of rotatable bonds is 5. The highest BCUT2D eigenvalue weighted by Gasteiger charge is 2.45. The second-order valence-electron chi connectivity index (χ2n) is 12.9. The number of hydrogen-bond donors (Lipinski definition) is 2. The summed E-state index contributed by atoms with van der Waals surface area (Å²) >= 11 is 12.3. The van der Waals surface area contributed by atoms with Crippen LogP contribution in [-0.4, -0.2) is 77.3 Å². The van der Waals surface area contributed by atoms with Gasteiger partial charge in [0.15, 0.2) is 17.3 Å². The van der Waals surface area contributed by atoms with Gasteiger partial charge in [-0.1, -0.05) is 29.3 Å². The number of likely N-dealkylation sites (tertiary alicyclic amines) is 1. The molecule has 13 nitrogen and oxygen atoms in total. The number of ether oxygens (including phenoxy) is 1. The Balaban J connectivity index is 1.27. The molecule has 0 bridgehead atoms. The molecule has 0 unspecified atom stereocenters. The SMILES string of the molecule is Cc1ncnc(C(=O)N2CCC3(CCCc4c3c(=O)n3nc(C5=CCOCC5)nc3n4CC(=O)Nc3c(Cl)cc(C(F)(F)F)cc3Cl)CC2)c1O. The molecular weight excluding hydrogens is 716 g/mol. The van der Waals surface area contributed by atoms with Crippen LogP contribution in [0.3, 0.4) is 0 Å². The van der Waals surface area contributed by atoms with Gasteiger partial charge in [-0.2, -0.15) is 22.7 Å². The molecule has 268 valence electrons. The summed E-state index contributed by atoms with van der Waals surface area (Å²) in [6.45, 7) is 2.55. The molecule has 1 aliphatic carbocycles. The van der Waals surface area contributed by atoms with Gasteiger partial charge in [0.05, 0.1) is 40.2 Å². The lowest BCUT2D eigenvalue weighted by Gasteiger charge is -2.45. The van der Waals surface area contributed by atoms with Crippen LogP contribution in [-0.2, 0) is 34.1 Å². The third-order valence-electron chi connectivity index (χ3n) is 9.85. The van der Waals surface area contributed by atoms with E-state index in [1.165, 1.54) is 10.8 Å². The molecule has 2 aliphatic heterocycles. The summed E-state index contributed by atoms with van der Waals surface area (Å²) in [6.07, 6.45) is 1.47. The number of piperidine rings is 1. The normalized spacial score (nSPS) is 17.4. The number of carbonyl (C=O) groups is 2. The Morgan fingerprint density at radius 3 is 2.49 bits per heavy atom. The predicted octanol–water partition coefficient (Wildman–Crippen LogP) is 4.97. The number of aromatic hydroxyl groups is 1. The quantitative estimate of drug-likeness (QED) is 0.288. The molecule has 0 radical (unpaired) electrons. The topological polar surface area (TPSA) is 157 Å². The van der Waals surface area contributed by atoms with Gasteiger partial charge in [0, 0.05) is 29.8 Å². The number of carbonyl (C=O) groups excluding carboxylic acids is 2. The lowest BCUT2D eigenvalue weighted by molar-refractivity contribution is -0.137. The number of anilines is 1. The van der Waals surface area contributed by atoms with Gasteiger partial charge in [-0.05, 0) is 63.2 Å². The molecule has 1 aromatic carbocycles. The predicted molar refractivity (Wildman–Crippen MR) is 179 cm³/mol. The Labute approximate surface area is 298 Å². The van der Waals surface area contributed by atoms with Crippen LogP contribution in [0, 0.1) is 6.92 Å². The molecule has 2 N–H and O–H groups in total. The van der Waals surface area contributed by atoms with Crippen molar-refractivity contribution in [3.8, 4) is 5.75 Å². The second kappa shape index (κ2) is 13.2. The van der Waals surface area contributed by atoms with Crippen molar-refractivity contribution < 1.29 is 32.6 Å². The van der Waals surface area contributed by atoms with Crippen molar-refractivity contribution in [1.29, 1.82) is 0 Å². The fourth-order valence-corrected chi connectivity index (χ4v) is 7.82. The van der Waals surface area contributed by atoms with Crippen LogP contribution in [0.1, 0.15) is 70.9 Å². The molecule has 0 atom stereocenters. The van der Waals surface area contributed by atoms with Gasteiger partial charge in [-0.3, -0.25) is 14.4 Å². The van der Waals surface area contributed by atoms with E-state index in [1.54, 1.807) is 16.4 Å². The van der Waals surface area contributed by atoms with Crippen LogP contribution in [0.5, 0.6) is 5.75 Å². The van der Waals surface area contributed by atoms with E-state index in [4.69, 9.17) is 32.9 Å². The molecule has 4 aromatic rings. The van der Waals surface area contributed by atoms with Crippen LogP contribution in [0.25, 0.3) is 11.4 Å². The molecule has 5 heterocycles. The molecular formula is C33H31Cl2F3N8O5. The van der Waals surface area contributed by atoms with Crippen molar-refractivity contribution in [1.82, 2.24) is 34.0 Å². The molecule has 3 aromatic heterocycles. The van der Waals surface area contributed by atoms with Crippen LogP contribution in [0.2, 0.25) is 10.0 Å². The number of nitrogens with one attached hydrogen (secondary N) is 1. The first kappa shape index (κ1) is 34.9. The summed E-state index contributed by atoms with van der Waals surface area (Å²) in [5.41, 5.74) is -0.255. The van der Waals surface area contributed by atoms with E-state index >= 15 is 0 Å². The summed E-state index contributed by atoms with van der Waals surface area (Å²) in [6, 6.07) is 1.37. The third kappa shape index (κ3) is 6.33. The van der Waals surface area contributed by atoms with E-state index in [1.807, 2.05) is 6.08 Å². The Bertz CT molecular complexity index is 2150. The highest BCUT2D eigenvalue weighted by Crippen LogP contribution is 2.44. The molecule has 18 heteroatoms. The number of alkyl halides is 3. The first-order valence-corrected chi connectivity index (χ1v) is 17.0. The summed E-state index contributed by atoms with van der Waals surface area (Å²) in [5.74, 6) is -0.953. The zero-order valence-electron chi connectivity index (χ0n) is 27.2. The van der Waals surface area contributed by atoms with Gasteiger partial charge >= 0.3 is 6.18 Å². The van der Waals surface area contributed by atoms with Crippen molar-refractivity contribution in [2.24, 2.45) is 0 Å². The number of halogens is 5. The number of amides is 2. The Hall–Kier alpha value is -4.54. The second-order valence-corrected chi connectivity index (χ2v) is 13.7. The minimum Gasteiger partial charge on any atom is -0.504 e. The van der Waals surface area contributed by atoms with Crippen LogP contribution >= 0.6 is 23.2 Å². The number of aromatic nitrogens is 6. The van der Waals surface area contributed by atoms with Gasteiger partial charge in [-0.25, -0.2) is 9.97 Å². The molecule has 2 amide bonds. The maximum atomic E-state index is 14.4. The van der Waals surface area contributed by atoms with Crippen molar-refractivity contribution in [3.63, 3.8) is 0 Å². The van der Waals surface area contributed by atoms with Crippen molar-refractivity contribution in [2.45, 2.75) is 63.6 Å². The Kier molecular flexibility index (Phi) is 9.04. The van der Waals surface area contributed by atoms with E-state index in [-0.39, 0.29) is 53.8 Å². The Morgan fingerprint density at radius 1 is 1.10 bits per heavy atom. The molecule has 7 rings (SSSR count). The molecule has 0 saturated carbocycles. The molecule has 1 fully saturated rings. The third-order valence-corrected chi connectivity index (χ3v) is 10.4. The number of hydrogen-bond acceptors (Lipinski definition) is 9. The van der Waals surface area contributed by atoms with E-state index in [9.17, 15) is 32.7 Å². The summed E-state index contributed by atoms with van der Waals surface area (Å²) < 4.78 is 48.2. The highest BCUT2D eigenvalue weighted by molar-refractivity contribution is 6.39. The maximum absolute atomic E-state index is 14.4. The van der Waals surface area contributed by atoms with E-state index in [0.717, 1.165) is 5.57 Å². The van der Waals surface area contributed by atoms with Crippen LogP contribution in [0.15, 0.2) is 29.3 Å². The summed E-state index contributed by atoms with van der Waals surface area (Å²) in [5, 5.41) is 16.8. The minimum absolute atomic E-state index is 0.0941. The average Bonchev–Trinajstić information content (AvgIpc) is 3.56. The standard InChI is InChI=1S/C33H31Cl2F3N8O5/c1-17-27(48)26(40-16-39-17)30(50)44-9-7-32(8-10-44)6-2-3-22-24(32)29(49)46-31(42-28(43-46)18-4-11-51-12-5-18)45(22)15-23(47)41-25-20(34)13-19(14-21(25)35)33(36,37)38/h4,13-14,16,48H,2-3,5-12,15H2,1H3,(H,41,47). The maximum Gasteiger partial charge on any atom is 0.416 e. The lowest BCUT2D eigenvalue weighted by atomic mass is 9.66. The average molecular weight is 748 g/mol.